The molecule has 2 aromatic rings. The van der Waals surface area contributed by atoms with Gasteiger partial charge in [-0.3, -0.25) is 23.7 Å². The van der Waals surface area contributed by atoms with Gasteiger partial charge < -0.3 is 24.6 Å². The van der Waals surface area contributed by atoms with E-state index in [0.29, 0.717) is 16.0 Å². The molecule has 0 bridgehead atoms. The number of carbonyl (C=O) groups excluding carboxylic acids is 1. The van der Waals surface area contributed by atoms with E-state index in [4.69, 9.17) is 14.0 Å². The average molecular weight is 503 g/mol. The van der Waals surface area contributed by atoms with E-state index in [1.165, 1.54) is 16.8 Å². The molecule has 0 saturated carbocycles. The summed E-state index contributed by atoms with van der Waals surface area (Å²) in [6.07, 6.45) is -3.97. The van der Waals surface area contributed by atoms with Crippen LogP contribution >= 0.6 is 19.1 Å². The van der Waals surface area contributed by atoms with Gasteiger partial charge in [0.1, 0.15) is 18.3 Å². The Kier molecular flexibility index (Phi) is 7.09. The van der Waals surface area contributed by atoms with Crippen molar-refractivity contribution in [3.63, 3.8) is 0 Å². The second-order valence-corrected chi connectivity index (χ2v) is 10.3. The van der Waals surface area contributed by atoms with E-state index in [2.05, 4.69) is 4.98 Å². The van der Waals surface area contributed by atoms with Crippen LogP contribution in [-0.4, -0.2) is 86.8 Å². The summed E-state index contributed by atoms with van der Waals surface area (Å²) in [5, 5.41) is 20.9. The van der Waals surface area contributed by atoms with Crippen LogP contribution in [-0.2, 0) is 18.6 Å². The number of hydrogen-bond donors (Lipinski definition) is 4. The van der Waals surface area contributed by atoms with E-state index in [9.17, 15) is 34.1 Å². The first-order valence-electron chi connectivity index (χ1n) is 9.94. The van der Waals surface area contributed by atoms with Crippen LogP contribution in [0.15, 0.2) is 27.9 Å². The van der Waals surface area contributed by atoms with Crippen molar-refractivity contribution in [2.24, 2.45) is 0 Å². The van der Waals surface area contributed by atoms with Crippen LogP contribution in [0.4, 0.5) is 0 Å². The minimum Gasteiger partial charge on any atom is -0.387 e. The third kappa shape index (κ3) is 4.94. The molecule has 4 heterocycles. The summed E-state index contributed by atoms with van der Waals surface area (Å²) in [5.74, 6) is 0. The number of aldehydes is 1. The Labute approximate surface area is 190 Å². The number of aliphatic hydroxyl groups excluding tert-OH is 2. The maximum Gasteiger partial charge on any atom is 0.405 e. The second kappa shape index (κ2) is 9.70. The van der Waals surface area contributed by atoms with Gasteiger partial charge in [0.25, 0.3) is 5.56 Å². The molecule has 2 aromatic heterocycles. The SMILES string of the molecule is O=Cc1ccc(-c2cn([C@@H]3O[C@H](COP(=O)(O)N4CCOCC4)[C@@H](O)[C@H]3O)c(=O)[nH]c2=O)s1. The van der Waals surface area contributed by atoms with Crippen molar-refractivity contribution in [3.05, 3.63) is 44.0 Å². The molecule has 1 unspecified atom stereocenters. The summed E-state index contributed by atoms with van der Waals surface area (Å²) in [4.78, 5) is 48.7. The number of H-pyrrole nitrogens is 1. The van der Waals surface area contributed by atoms with Gasteiger partial charge in [-0.15, -0.1) is 11.3 Å². The molecular weight excluding hydrogens is 481 g/mol. The molecule has 4 N–H and O–H groups in total. The van der Waals surface area contributed by atoms with Crippen molar-refractivity contribution in [1.82, 2.24) is 14.2 Å². The zero-order valence-corrected chi connectivity index (χ0v) is 18.8. The van der Waals surface area contributed by atoms with Gasteiger partial charge in [-0.2, -0.15) is 0 Å². The van der Waals surface area contributed by atoms with Gasteiger partial charge in [0, 0.05) is 24.2 Å². The van der Waals surface area contributed by atoms with Gasteiger partial charge >= 0.3 is 13.4 Å². The molecule has 13 nitrogen and oxygen atoms in total. The van der Waals surface area contributed by atoms with Crippen LogP contribution in [0, 0.1) is 0 Å². The molecule has 2 aliphatic rings. The smallest absolute Gasteiger partial charge is 0.387 e. The number of carbonyl (C=O) groups is 1. The van der Waals surface area contributed by atoms with Crippen LogP contribution in [0.3, 0.4) is 0 Å². The lowest BCUT2D eigenvalue weighted by Crippen LogP contribution is -2.38. The summed E-state index contributed by atoms with van der Waals surface area (Å²) in [7, 11) is -4.19. The van der Waals surface area contributed by atoms with Crippen LogP contribution < -0.4 is 11.2 Å². The minimum absolute atomic E-state index is 0.0601. The van der Waals surface area contributed by atoms with Gasteiger partial charge in [0.15, 0.2) is 12.5 Å². The molecule has 0 amide bonds. The molecule has 0 spiro atoms. The first-order valence-corrected chi connectivity index (χ1v) is 12.3. The number of hydrogen-bond acceptors (Lipinski definition) is 10. The Balaban J connectivity index is 1.53. The maximum atomic E-state index is 12.5. The monoisotopic (exact) mass is 503 g/mol. The summed E-state index contributed by atoms with van der Waals surface area (Å²) >= 11 is 1.03. The Morgan fingerprint density at radius 1 is 1.24 bits per heavy atom. The van der Waals surface area contributed by atoms with E-state index < -0.39 is 50.1 Å². The standard InChI is InChI=1S/C18H22N3O10PS/c22-8-10-1-2-13(33-10)11-7-21(18(26)19-16(11)25)17-15(24)14(23)12(31-17)9-30-32(27,28)20-3-5-29-6-4-20/h1-2,7-8,12,14-15,17,23-24H,3-6,9H2,(H,27,28)(H,19,25,26)/t12-,14-,15-,17-/m1/s1. The molecular formula is C18H22N3O10PS. The van der Waals surface area contributed by atoms with Crippen molar-refractivity contribution in [1.29, 1.82) is 0 Å². The molecule has 15 heteroatoms. The van der Waals surface area contributed by atoms with Crippen LogP contribution in [0.2, 0.25) is 0 Å². The highest BCUT2D eigenvalue weighted by atomic mass is 32.1. The van der Waals surface area contributed by atoms with E-state index in [-0.39, 0.29) is 31.9 Å². The molecule has 2 fully saturated rings. The molecule has 5 atom stereocenters. The zero-order valence-electron chi connectivity index (χ0n) is 17.1. The van der Waals surface area contributed by atoms with Crippen molar-refractivity contribution < 1.29 is 38.5 Å². The first-order chi connectivity index (χ1) is 15.7. The third-order valence-corrected chi connectivity index (χ3v) is 7.98. The fourth-order valence-electron chi connectivity index (χ4n) is 3.57. The molecule has 0 aromatic carbocycles. The summed E-state index contributed by atoms with van der Waals surface area (Å²) in [6.45, 7) is 0.396. The summed E-state index contributed by atoms with van der Waals surface area (Å²) in [5.41, 5.74) is -1.53. The van der Waals surface area contributed by atoms with E-state index in [0.717, 1.165) is 22.1 Å². The van der Waals surface area contributed by atoms with Crippen molar-refractivity contribution >= 4 is 25.4 Å². The first kappa shape index (κ1) is 24.1. The van der Waals surface area contributed by atoms with Crippen molar-refractivity contribution in [3.8, 4) is 10.4 Å². The number of ether oxygens (including phenoxy) is 2. The van der Waals surface area contributed by atoms with Crippen LogP contribution in [0.25, 0.3) is 10.4 Å². The predicted molar refractivity (Wildman–Crippen MR) is 114 cm³/mol. The van der Waals surface area contributed by atoms with E-state index in [1.807, 2.05) is 0 Å². The Morgan fingerprint density at radius 2 is 1.97 bits per heavy atom. The molecule has 33 heavy (non-hydrogen) atoms. The molecule has 0 radical (unpaired) electrons. The third-order valence-electron chi connectivity index (χ3n) is 5.34. The normalized spacial score (nSPS) is 28.0. The predicted octanol–water partition coefficient (Wildman–Crippen LogP) is -0.854. The van der Waals surface area contributed by atoms with Gasteiger partial charge in [-0.1, -0.05) is 0 Å². The number of aliphatic hydroxyl groups is 2. The molecule has 2 saturated heterocycles. The largest absolute Gasteiger partial charge is 0.405 e. The molecule has 2 aliphatic heterocycles. The minimum atomic E-state index is -4.19. The van der Waals surface area contributed by atoms with Gasteiger partial charge in [-0.05, 0) is 12.1 Å². The zero-order chi connectivity index (χ0) is 23.8. The van der Waals surface area contributed by atoms with Crippen molar-refractivity contribution in [2.45, 2.75) is 24.5 Å². The number of morpholine rings is 1. The number of aromatic amines is 1. The number of nitrogens with zero attached hydrogens (tertiary/aromatic N) is 2. The van der Waals surface area contributed by atoms with E-state index in [1.54, 1.807) is 0 Å². The Morgan fingerprint density at radius 3 is 2.64 bits per heavy atom. The maximum absolute atomic E-state index is 12.5. The van der Waals surface area contributed by atoms with E-state index >= 15 is 0 Å². The lowest BCUT2D eigenvalue weighted by molar-refractivity contribution is -0.0545. The lowest BCUT2D eigenvalue weighted by Gasteiger charge is -2.30. The van der Waals surface area contributed by atoms with Crippen LogP contribution in [0.5, 0.6) is 0 Å². The summed E-state index contributed by atoms with van der Waals surface area (Å²) < 4.78 is 30.4. The molecule has 0 aliphatic carbocycles. The fourth-order valence-corrected chi connectivity index (χ4v) is 5.57. The number of aromatic nitrogens is 2. The summed E-state index contributed by atoms with van der Waals surface area (Å²) in [6, 6.07) is 3.05. The van der Waals surface area contributed by atoms with Gasteiger partial charge in [0.05, 0.1) is 30.3 Å². The van der Waals surface area contributed by atoms with Crippen molar-refractivity contribution in [2.75, 3.05) is 32.9 Å². The number of thiophene rings is 1. The molecule has 4 rings (SSSR count). The second-order valence-electron chi connectivity index (χ2n) is 7.43. The Bertz CT molecular complexity index is 1170. The fraction of sp³-hybridized carbons (Fsp3) is 0.500. The average Bonchev–Trinajstić information content (AvgIpc) is 3.39. The highest BCUT2D eigenvalue weighted by Gasteiger charge is 2.45. The number of rotatable bonds is 7. The quantitative estimate of drug-likeness (QED) is 0.273. The topological polar surface area (TPSA) is 181 Å². The lowest BCUT2D eigenvalue weighted by atomic mass is 10.1. The highest BCUT2D eigenvalue weighted by Crippen LogP contribution is 2.47. The number of nitrogens with one attached hydrogen (secondary N) is 1. The van der Waals surface area contributed by atoms with Gasteiger partial charge in [0.2, 0.25) is 0 Å². The van der Waals surface area contributed by atoms with Gasteiger partial charge in [-0.25, -0.2) is 14.0 Å². The highest BCUT2D eigenvalue weighted by molar-refractivity contribution is 7.50. The Hall–Kier alpha value is -2.00. The van der Waals surface area contributed by atoms with Crippen LogP contribution in [0.1, 0.15) is 15.9 Å². The molecule has 180 valence electrons.